The van der Waals surface area contributed by atoms with Gasteiger partial charge in [0, 0.05) is 24.7 Å². The molecule has 6 rings (SSSR count). The molecule has 40 heavy (non-hydrogen) atoms. The number of benzene rings is 2. The van der Waals surface area contributed by atoms with E-state index in [1.165, 1.54) is 47.0 Å². The first-order valence-electron chi connectivity index (χ1n) is 12.8. The van der Waals surface area contributed by atoms with Gasteiger partial charge in [-0.1, -0.05) is 31.2 Å². The Balaban J connectivity index is 1.60. The Hall–Kier alpha value is -3.94. The van der Waals surface area contributed by atoms with E-state index < -0.39 is 26.1 Å². The quantitative estimate of drug-likeness (QED) is 0.296. The lowest BCUT2D eigenvalue weighted by Gasteiger charge is -2.20. The number of imidazole rings is 1. The second-order valence-corrected chi connectivity index (χ2v) is 13.7. The van der Waals surface area contributed by atoms with Crippen molar-refractivity contribution in [2.45, 2.75) is 30.7 Å². The highest BCUT2D eigenvalue weighted by atomic mass is 32.2. The van der Waals surface area contributed by atoms with Gasteiger partial charge in [0.05, 0.1) is 28.4 Å². The lowest BCUT2D eigenvalue weighted by atomic mass is 10.1. The molecule has 1 fully saturated rings. The van der Waals surface area contributed by atoms with E-state index >= 15 is 0 Å². The summed E-state index contributed by atoms with van der Waals surface area (Å²) < 4.78 is 57.1. The minimum absolute atomic E-state index is 0.0336. The van der Waals surface area contributed by atoms with Crippen LogP contribution >= 0.6 is 0 Å². The van der Waals surface area contributed by atoms with Crippen molar-refractivity contribution in [1.82, 2.24) is 22.8 Å². The normalized spacial score (nSPS) is 16.8. The van der Waals surface area contributed by atoms with Gasteiger partial charge in [-0.2, -0.15) is 4.31 Å². The summed E-state index contributed by atoms with van der Waals surface area (Å²) in [5.41, 5.74) is 1.22. The van der Waals surface area contributed by atoms with Gasteiger partial charge >= 0.3 is 0 Å². The zero-order chi connectivity index (χ0) is 28.2. The minimum atomic E-state index is -3.96. The predicted molar refractivity (Wildman–Crippen MR) is 150 cm³/mol. The number of fused-ring (bicyclic) bond motifs is 3. The molecule has 1 aliphatic rings. The number of nitrogens with zero attached hydrogens (tertiary/aromatic N) is 5. The summed E-state index contributed by atoms with van der Waals surface area (Å²) in [7, 11) is -7.42. The fraction of sp³-hybridized carbons (Fsp3) is 0.259. The van der Waals surface area contributed by atoms with Crippen molar-refractivity contribution < 1.29 is 27.0 Å². The SMILES string of the molecule is CCCS(=O)(=O)N1CCC(n2c(-c3c(O)cccc3O)nc3cnc4c(ccn4S(=O)(=O)c4ccccc4)c32)C1. The van der Waals surface area contributed by atoms with Gasteiger partial charge in [-0.15, -0.1) is 0 Å². The Bertz CT molecular complexity index is 1950. The average molecular weight is 582 g/mol. The molecule has 2 aromatic carbocycles. The molecule has 0 radical (unpaired) electrons. The summed E-state index contributed by atoms with van der Waals surface area (Å²) >= 11 is 0. The average Bonchev–Trinajstić information content (AvgIpc) is 3.66. The zero-order valence-corrected chi connectivity index (χ0v) is 23.2. The van der Waals surface area contributed by atoms with Crippen LogP contribution in [0.25, 0.3) is 33.5 Å². The highest BCUT2D eigenvalue weighted by Crippen LogP contribution is 2.42. The molecule has 1 aliphatic heterocycles. The summed E-state index contributed by atoms with van der Waals surface area (Å²) in [6.07, 6.45) is 3.83. The van der Waals surface area contributed by atoms with Crippen molar-refractivity contribution in [2.24, 2.45) is 0 Å². The first-order valence-corrected chi connectivity index (χ1v) is 15.9. The molecule has 1 saturated heterocycles. The highest BCUT2D eigenvalue weighted by molar-refractivity contribution is 7.90. The summed E-state index contributed by atoms with van der Waals surface area (Å²) in [5.74, 6) is -0.124. The second-order valence-electron chi connectivity index (χ2n) is 9.75. The van der Waals surface area contributed by atoms with Crippen LogP contribution in [0.2, 0.25) is 0 Å². The Morgan fingerprint density at radius 2 is 1.70 bits per heavy atom. The molecule has 0 saturated carbocycles. The first-order chi connectivity index (χ1) is 19.1. The molecular formula is C27H27N5O6S2. The molecule has 0 aliphatic carbocycles. The smallest absolute Gasteiger partial charge is 0.269 e. The maximum Gasteiger partial charge on any atom is 0.269 e. The Labute approximate surface area is 231 Å². The third kappa shape index (κ3) is 4.12. The highest BCUT2D eigenvalue weighted by Gasteiger charge is 2.35. The van der Waals surface area contributed by atoms with Gasteiger partial charge in [-0.25, -0.2) is 30.8 Å². The Morgan fingerprint density at radius 3 is 2.40 bits per heavy atom. The lowest BCUT2D eigenvalue weighted by Crippen LogP contribution is -2.31. The van der Waals surface area contributed by atoms with Crippen LogP contribution in [0.15, 0.2) is 71.9 Å². The summed E-state index contributed by atoms with van der Waals surface area (Å²) in [5, 5.41) is 21.9. The lowest BCUT2D eigenvalue weighted by molar-refractivity contribution is 0.446. The Morgan fingerprint density at radius 1 is 0.975 bits per heavy atom. The number of hydrogen-bond acceptors (Lipinski definition) is 8. The van der Waals surface area contributed by atoms with Gasteiger partial charge in [0.2, 0.25) is 10.0 Å². The third-order valence-electron chi connectivity index (χ3n) is 7.22. The largest absolute Gasteiger partial charge is 0.507 e. The summed E-state index contributed by atoms with van der Waals surface area (Å²) in [6, 6.07) is 13.6. The van der Waals surface area contributed by atoms with Crippen LogP contribution in [0.3, 0.4) is 0 Å². The van der Waals surface area contributed by atoms with E-state index in [9.17, 15) is 27.0 Å². The standard InChI is InChI=1S/C27H27N5O6S2/c1-2-15-39(35,36)30-13-11-18(17-30)32-25-20-12-14-31(40(37,38)19-7-4-3-5-8-19)26(20)28-16-21(25)29-27(32)24-22(33)9-6-10-23(24)34/h3-10,12,14,16,18,33-34H,2,11,13,15,17H2,1H3. The van der Waals surface area contributed by atoms with Crippen molar-refractivity contribution in [3.63, 3.8) is 0 Å². The van der Waals surface area contributed by atoms with Gasteiger partial charge in [0.1, 0.15) is 28.4 Å². The molecule has 11 nitrogen and oxygen atoms in total. The van der Waals surface area contributed by atoms with Crippen LogP contribution in [0.5, 0.6) is 11.5 Å². The zero-order valence-electron chi connectivity index (χ0n) is 21.5. The van der Waals surface area contributed by atoms with Crippen molar-refractivity contribution in [3.05, 3.63) is 67.0 Å². The van der Waals surface area contributed by atoms with E-state index in [-0.39, 0.29) is 45.7 Å². The molecule has 5 aromatic rings. The van der Waals surface area contributed by atoms with Gasteiger partial charge in [0.15, 0.2) is 5.65 Å². The molecular weight excluding hydrogens is 554 g/mol. The third-order valence-corrected chi connectivity index (χ3v) is 10.9. The van der Waals surface area contributed by atoms with E-state index in [0.29, 0.717) is 35.8 Å². The number of rotatable bonds is 7. The van der Waals surface area contributed by atoms with E-state index in [2.05, 4.69) is 4.98 Å². The van der Waals surface area contributed by atoms with Crippen molar-refractivity contribution in [3.8, 4) is 22.9 Å². The van der Waals surface area contributed by atoms with E-state index in [1.54, 1.807) is 28.8 Å². The van der Waals surface area contributed by atoms with Crippen molar-refractivity contribution in [1.29, 1.82) is 0 Å². The number of pyridine rings is 1. The fourth-order valence-electron chi connectivity index (χ4n) is 5.40. The van der Waals surface area contributed by atoms with Gasteiger partial charge in [-0.05, 0) is 43.2 Å². The number of hydrogen-bond donors (Lipinski definition) is 2. The molecule has 0 bridgehead atoms. The van der Waals surface area contributed by atoms with Crippen molar-refractivity contribution in [2.75, 3.05) is 18.8 Å². The Kier molecular flexibility index (Phi) is 6.32. The van der Waals surface area contributed by atoms with Crippen LogP contribution in [0.4, 0.5) is 0 Å². The van der Waals surface area contributed by atoms with Crippen LogP contribution in [-0.4, -0.2) is 68.7 Å². The molecule has 1 atom stereocenters. The molecule has 2 N–H and O–H groups in total. The molecule has 0 spiro atoms. The fourth-order valence-corrected chi connectivity index (χ4v) is 8.28. The van der Waals surface area contributed by atoms with E-state index in [1.807, 2.05) is 6.92 Å². The van der Waals surface area contributed by atoms with Crippen LogP contribution in [0, 0.1) is 0 Å². The molecule has 1 unspecified atom stereocenters. The monoisotopic (exact) mass is 581 g/mol. The molecule has 208 valence electrons. The van der Waals surface area contributed by atoms with Crippen LogP contribution in [0.1, 0.15) is 25.8 Å². The molecule has 3 aromatic heterocycles. The topological polar surface area (TPSA) is 148 Å². The minimum Gasteiger partial charge on any atom is -0.507 e. The maximum absolute atomic E-state index is 13.5. The number of sulfonamides is 1. The molecule has 0 amide bonds. The van der Waals surface area contributed by atoms with Gasteiger partial charge in [0.25, 0.3) is 10.0 Å². The van der Waals surface area contributed by atoms with Crippen LogP contribution in [-0.2, 0) is 20.0 Å². The van der Waals surface area contributed by atoms with E-state index in [4.69, 9.17) is 4.98 Å². The van der Waals surface area contributed by atoms with Gasteiger partial charge in [-0.3, -0.25) is 0 Å². The molecule has 13 heteroatoms. The van der Waals surface area contributed by atoms with Crippen molar-refractivity contribution >= 4 is 42.1 Å². The number of phenols is 2. The van der Waals surface area contributed by atoms with E-state index in [0.717, 1.165) is 3.97 Å². The molecule has 4 heterocycles. The number of phenolic OH excluding ortho intramolecular Hbond substituents is 2. The first kappa shape index (κ1) is 26.3. The predicted octanol–water partition coefficient (Wildman–Crippen LogP) is 3.69. The number of aromatic nitrogens is 4. The van der Waals surface area contributed by atoms with Crippen LogP contribution < -0.4 is 0 Å². The van der Waals surface area contributed by atoms with Gasteiger partial charge < -0.3 is 14.8 Å². The maximum atomic E-state index is 13.5. The summed E-state index contributed by atoms with van der Waals surface area (Å²) in [6.45, 7) is 2.28. The summed E-state index contributed by atoms with van der Waals surface area (Å²) in [4.78, 5) is 9.25. The number of aromatic hydroxyl groups is 2. The second kappa shape index (κ2) is 9.61.